The molecule has 0 bridgehead atoms. The van der Waals surface area contributed by atoms with E-state index in [0.717, 1.165) is 25.9 Å². The molecule has 0 aromatic rings. The number of carbonyl (C=O) groups is 1. The van der Waals surface area contributed by atoms with E-state index in [2.05, 4.69) is 24.1 Å². The molecule has 0 radical (unpaired) electrons. The minimum absolute atomic E-state index is 0. The Morgan fingerprint density at radius 3 is 2.11 bits per heavy atom. The topological polar surface area (TPSA) is 58.4 Å². The molecule has 1 atom stereocenters. The average molecular weight is 278 g/mol. The van der Waals surface area contributed by atoms with Gasteiger partial charge in [0.25, 0.3) is 0 Å². The van der Waals surface area contributed by atoms with E-state index in [9.17, 15) is 4.79 Å². The standard InChI is InChI=1S/C13H27N3O.ClH/c1-9(2)12(14)13(17)15-11-5-7-16(8-6-11)10(3)4;/h9-12H,5-8,14H2,1-4H3,(H,15,17);1H/t12-;/m1./s1. The lowest BCUT2D eigenvalue weighted by atomic mass is 10.0. The zero-order chi connectivity index (χ0) is 13.0. The third-order valence-electron chi connectivity index (χ3n) is 3.63. The van der Waals surface area contributed by atoms with E-state index >= 15 is 0 Å². The highest BCUT2D eigenvalue weighted by molar-refractivity contribution is 5.85. The number of piperidine rings is 1. The molecule has 108 valence electrons. The van der Waals surface area contributed by atoms with Crippen molar-refractivity contribution in [2.24, 2.45) is 11.7 Å². The monoisotopic (exact) mass is 277 g/mol. The maximum atomic E-state index is 11.8. The van der Waals surface area contributed by atoms with Gasteiger partial charge >= 0.3 is 0 Å². The van der Waals surface area contributed by atoms with Gasteiger partial charge < -0.3 is 16.0 Å². The van der Waals surface area contributed by atoms with Gasteiger partial charge in [-0.1, -0.05) is 13.8 Å². The number of hydrogen-bond acceptors (Lipinski definition) is 3. The molecule has 0 aliphatic carbocycles. The van der Waals surface area contributed by atoms with Gasteiger partial charge in [-0.25, -0.2) is 0 Å². The predicted octanol–water partition coefficient (Wildman–Crippen LogP) is 1.38. The summed E-state index contributed by atoms with van der Waals surface area (Å²) in [5.41, 5.74) is 5.83. The van der Waals surface area contributed by atoms with Gasteiger partial charge in [0.05, 0.1) is 6.04 Å². The third kappa shape index (κ3) is 5.12. The van der Waals surface area contributed by atoms with Gasteiger partial charge in [0, 0.05) is 25.2 Å². The molecule has 0 unspecified atom stereocenters. The lowest BCUT2D eigenvalue weighted by molar-refractivity contribution is -0.124. The lowest BCUT2D eigenvalue weighted by Crippen LogP contribution is -2.51. The Kier molecular flexibility index (Phi) is 7.83. The second kappa shape index (κ2) is 7.97. The fourth-order valence-corrected chi connectivity index (χ4v) is 2.16. The number of likely N-dealkylation sites (tertiary alicyclic amines) is 1. The third-order valence-corrected chi connectivity index (χ3v) is 3.63. The summed E-state index contributed by atoms with van der Waals surface area (Å²) in [6.45, 7) is 10.5. The largest absolute Gasteiger partial charge is 0.352 e. The van der Waals surface area contributed by atoms with Crippen LogP contribution in [0, 0.1) is 5.92 Å². The molecule has 1 aliphatic heterocycles. The molecule has 1 amide bonds. The molecule has 1 rings (SSSR count). The first kappa shape index (κ1) is 17.7. The van der Waals surface area contributed by atoms with Gasteiger partial charge in [-0.3, -0.25) is 4.79 Å². The van der Waals surface area contributed by atoms with E-state index in [1.165, 1.54) is 0 Å². The summed E-state index contributed by atoms with van der Waals surface area (Å²) in [4.78, 5) is 14.3. The van der Waals surface area contributed by atoms with Crippen molar-refractivity contribution in [3.05, 3.63) is 0 Å². The van der Waals surface area contributed by atoms with Crippen molar-refractivity contribution in [1.82, 2.24) is 10.2 Å². The fourth-order valence-electron chi connectivity index (χ4n) is 2.16. The summed E-state index contributed by atoms with van der Waals surface area (Å²) in [5, 5.41) is 3.07. The summed E-state index contributed by atoms with van der Waals surface area (Å²) < 4.78 is 0. The minimum atomic E-state index is -0.377. The summed E-state index contributed by atoms with van der Waals surface area (Å²) in [5.74, 6) is 0.203. The first-order valence-corrected chi connectivity index (χ1v) is 6.71. The van der Waals surface area contributed by atoms with Crippen LogP contribution in [0.25, 0.3) is 0 Å². The number of nitrogens with zero attached hydrogens (tertiary/aromatic N) is 1. The van der Waals surface area contributed by atoms with Gasteiger partial charge in [0.2, 0.25) is 5.91 Å². The molecule has 1 heterocycles. The van der Waals surface area contributed by atoms with Crippen molar-refractivity contribution in [2.45, 2.75) is 58.7 Å². The van der Waals surface area contributed by atoms with E-state index in [0.29, 0.717) is 12.1 Å². The van der Waals surface area contributed by atoms with Gasteiger partial charge in [-0.15, -0.1) is 12.4 Å². The highest BCUT2D eigenvalue weighted by Gasteiger charge is 2.24. The van der Waals surface area contributed by atoms with Gasteiger partial charge in [-0.05, 0) is 32.6 Å². The molecule has 0 saturated carbocycles. The highest BCUT2D eigenvalue weighted by Crippen LogP contribution is 2.13. The van der Waals surface area contributed by atoms with Crippen molar-refractivity contribution >= 4 is 18.3 Å². The predicted molar refractivity (Wildman–Crippen MR) is 77.9 cm³/mol. The SMILES string of the molecule is CC(C)[C@@H](N)C(=O)NC1CCN(C(C)C)CC1.Cl. The molecule has 0 aromatic heterocycles. The molecular weight excluding hydrogens is 250 g/mol. The van der Waals surface area contributed by atoms with E-state index < -0.39 is 0 Å². The van der Waals surface area contributed by atoms with Crippen LogP contribution < -0.4 is 11.1 Å². The quantitative estimate of drug-likeness (QED) is 0.816. The van der Waals surface area contributed by atoms with Crippen LogP contribution in [-0.4, -0.2) is 42.0 Å². The Morgan fingerprint density at radius 2 is 1.72 bits per heavy atom. The van der Waals surface area contributed by atoms with Gasteiger partial charge in [-0.2, -0.15) is 0 Å². The zero-order valence-corrected chi connectivity index (χ0v) is 12.8. The molecule has 18 heavy (non-hydrogen) atoms. The Labute approximate surface area is 117 Å². The lowest BCUT2D eigenvalue weighted by Gasteiger charge is -2.35. The van der Waals surface area contributed by atoms with Crippen molar-refractivity contribution < 1.29 is 4.79 Å². The Balaban J connectivity index is 0.00000289. The Bertz CT molecular complexity index is 251. The second-order valence-electron chi connectivity index (χ2n) is 5.68. The Morgan fingerprint density at radius 1 is 1.22 bits per heavy atom. The summed E-state index contributed by atoms with van der Waals surface area (Å²) in [7, 11) is 0. The number of rotatable bonds is 4. The van der Waals surface area contributed by atoms with Crippen LogP contribution in [0.1, 0.15) is 40.5 Å². The van der Waals surface area contributed by atoms with Crippen LogP contribution in [-0.2, 0) is 4.79 Å². The van der Waals surface area contributed by atoms with E-state index in [4.69, 9.17) is 5.73 Å². The minimum Gasteiger partial charge on any atom is -0.352 e. The smallest absolute Gasteiger partial charge is 0.237 e. The van der Waals surface area contributed by atoms with Crippen molar-refractivity contribution in [3.8, 4) is 0 Å². The zero-order valence-electron chi connectivity index (χ0n) is 12.0. The number of nitrogens with one attached hydrogen (secondary N) is 1. The maximum absolute atomic E-state index is 11.8. The van der Waals surface area contributed by atoms with Crippen LogP contribution in [0.3, 0.4) is 0 Å². The van der Waals surface area contributed by atoms with Crippen LogP contribution in [0.15, 0.2) is 0 Å². The Hall–Kier alpha value is -0.320. The first-order chi connectivity index (χ1) is 7.91. The molecule has 0 spiro atoms. The molecule has 3 N–H and O–H groups in total. The molecule has 1 saturated heterocycles. The van der Waals surface area contributed by atoms with Crippen molar-refractivity contribution in [2.75, 3.05) is 13.1 Å². The molecule has 1 fully saturated rings. The summed E-state index contributed by atoms with van der Waals surface area (Å²) in [6, 6.07) is 0.532. The van der Waals surface area contributed by atoms with E-state index in [1.54, 1.807) is 0 Å². The number of halogens is 1. The van der Waals surface area contributed by atoms with E-state index in [1.807, 2.05) is 13.8 Å². The number of amides is 1. The maximum Gasteiger partial charge on any atom is 0.237 e. The van der Waals surface area contributed by atoms with Crippen LogP contribution in [0.4, 0.5) is 0 Å². The van der Waals surface area contributed by atoms with Gasteiger partial charge in [0.1, 0.15) is 0 Å². The van der Waals surface area contributed by atoms with E-state index in [-0.39, 0.29) is 30.3 Å². The molecule has 0 aromatic carbocycles. The molecule has 4 nitrogen and oxygen atoms in total. The molecule has 1 aliphatic rings. The van der Waals surface area contributed by atoms with Crippen molar-refractivity contribution in [1.29, 1.82) is 0 Å². The number of carbonyl (C=O) groups excluding carboxylic acids is 1. The fraction of sp³-hybridized carbons (Fsp3) is 0.923. The first-order valence-electron chi connectivity index (χ1n) is 6.71. The average Bonchev–Trinajstić information content (AvgIpc) is 2.28. The highest BCUT2D eigenvalue weighted by atomic mass is 35.5. The summed E-state index contributed by atoms with van der Waals surface area (Å²) >= 11 is 0. The molecule has 5 heteroatoms. The second-order valence-corrected chi connectivity index (χ2v) is 5.68. The van der Waals surface area contributed by atoms with Crippen LogP contribution in [0.2, 0.25) is 0 Å². The van der Waals surface area contributed by atoms with Crippen LogP contribution in [0.5, 0.6) is 0 Å². The summed E-state index contributed by atoms with van der Waals surface area (Å²) in [6.07, 6.45) is 2.07. The molecular formula is C13H28ClN3O. The number of nitrogens with two attached hydrogens (primary N) is 1. The van der Waals surface area contributed by atoms with Crippen LogP contribution >= 0.6 is 12.4 Å². The van der Waals surface area contributed by atoms with Crippen molar-refractivity contribution in [3.63, 3.8) is 0 Å². The van der Waals surface area contributed by atoms with Gasteiger partial charge in [0.15, 0.2) is 0 Å². The number of hydrogen-bond donors (Lipinski definition) is 2. The normalized spacial score (nSPS) is 19.7.